The van der Waals surface area contributed by atoms with Crippen molar-refractivity contribution in [1.29, 1.82) is 0 Å². The number of hydrogen-bond acceptors (Lipinski definition) is 3. The Balaban J connectivity index is 1.59. The molecule has 1 N–H and O–H groups in total. The molecular formula is C31H40ClN3O. The molecule has 0 saturated heterocycles. The first-order valence-electron chi connectivity index (χ1n) is 13.6. The third kappa shape index (κ3) is 7.22. The molecule has 5 heteroatoms. The van der Waals surface area contributed by atoms with E-state index in [-0.39, 0.29) is 11.9 Å². The summed E-state index contributed by atoms with van der Waals surface area (Å²) in [5.74, 6) is 0.224. The Hall–Kier alpha value is -2.59. The van der Waals surface area contributed by atoms with Gasteiger partial charge in [0.05, 0.1) is 12.1 Å². The highest BCUT2D eigenvalue weighted by molar-refractivity contribution is 6.30. The molecule has 1 saturated carbocycles. The Bertz CT molecular complexity index is 1060. The fourth-order valence-corrected chi connectivity index (χ4v) is 6.01. The van der Waals surface area contributed by atoms with Gasteiger partial charge in [-0.1, -0.05) is 85.3 Å². The summed E-state index contributed by atoms with van der Waals surface area (Å²) >= 11 is 6.32. The van der Waals surface area contributed by atoms with Gasteiger partial charge < -0.3 is 5.32 Å². The summed E-state index contributed by atoms with van der Waals surface area (Å²) < 4.78 is 0. The number of rotatable bonds is 8. The number of hydrazone groups is 1. The van der Waals surface area contributed by atoms with Crippen LogP contribution in [0.15, 0.2) is 71.0 Å². The quantitative estimate of drug-likeness (QED) is 0.293. The van der Waals surface area contributed by atoms with Gasteiger partial charge in [0.25, 0.3) is 5.91 Å². The summed E-state index contributed by atoms with van der Waals surface area (Å²) in [5.41, 5.74) is 5.11. The van der Waals surface area contributed by atoms with Gasteiger partial charge in [-0.25, -0.2) is 0 Å². The standard InChI is InChI=1S/C31H40ClN3O/c1-23-12-9-10-16-27(20-25-13-11-17-28(32)21-25)31(23)35(29-18-7-4-8-19-29)33-22-30(36)34-24(2)26-14-5-3-6-15-26/h3,5-6,11,13-15,17,21-22,24,27,29H,4,7-10,12,16,18-20H2,1-2H3,(H,34,36)/b33-22+/t24-,27?/m1/s1. The Morgan fingerprint density at radius 2 is 1.81 bits per heavy atom. The van der Waals surface area contributed by atoms with Gasteiger partial charge >= 0.3 is 0 Å². The van der Waals surface area contributed by atoms with Gasteiger partial charge in [0.1, 0.15) is 6.21 Å². The summed E-state index contributed by atoms with van der Waals surface area (Å²) in [4.78, 5) is 12.9. The van der Waals surface area contributed by atoms with Gasteiger partial charge in [0, 0.05) is 16.6 Å². The first-order chi connectivity index (χ1) is 17.5. The van der Waals surface area contributed by atoms with Crippen LogP contribution in [0, 0.1) is 5.92 Å². The molecule has 192 valence electrons. The molecule has 0 heterocycles. The Kier molecular flexibility index (Phi) is 9.63. The minimum absolute atomic E-state index is 0.0670. The zero-order chi connectivity index (χ0) is 25.3. The molecule has 1 fully saturated rings. The second-order valence-corrected chi connectivity index (χ2v) is 10.9. The Labute approximate surface area is 221 Å². The van der Waals surface area contributed by atoms with E-state index in [9.17, 15) is 4.79 Å². The zero-order valence-corrected chi connectivity index (χ0v) is 22.5. The van der Waals surface area contributed by atoms with E-state index in [1.54, 1.807) is 0 Å². The molecule has 2 atom stereocenters. The molecule has 0 spiro atoms. The van der Waals surface area contributed by atoms with Gasteiger partial charge in [-0.2, -0.15) is 5.10 Å². The van der Waals surface area contributed by atoms with Crippen LogP contribution >= 0.6 is 11.6 Å². The third-order valence-electron chi connectivity index (χ3n) is 7.67. The number of halogens is 1. The van der Waals surface area contributed by atoms with Crippen LogP contribution < -0.4 is 5.32 Å². The van der Waals surface area contributed by atoms with Crippen LogP contribution in [-0.4, -0.2) is 23.2 Å². The van der Waals surface area contributed by atoms with Crippen LogP contribution in [0.25, 0.3) is 0 Å². The number of nitrogens with one attached hydrogen (secondary N) is 1. The maximum absolute atomic E-state index is 12.9. The number of hydrogen-bond donors (Lipinski definition) is 1. The molecule has 4 rings (SSSR count). The van der Waals surface area contributed by atoms with Crippen LogP contribution in [0.4, 0.5) is 0 Å². The lowest BCUT2D eigenvalue weighted by atomic mass is 9.88. The monoisotopic (exact) mass is 505 g/mol. The molecule has 4 nitrogen and oxygen atoms in total. The molecule has 2 aromatic rings. The van der Waals surface area contributed by atoms with Crippen molar-refractivity contribution in [1.82, 2.24) is 10.3 Å². The van der Waals surface area contributed by atoms with E-state index in [1.807, 2.05) is 49.4 Å². The van der Waals surface area contributed by atoms with Crippen molar-refractivity contribution < 1.29 is 4.79 Å². The van der Waals surface area contributed by atoms with E-state index in [4.69, 9.17) is 16.7 Å². The summed E-state index contributed by atoms with van der Waals surface area (Å²) in [6, 6.07) is 18.6. The van der Waals surface area contributed by atoms with E-state index < -0.39 is 0 Å². The van der Waals surface area contributed by atoms with Gasteiger partial charge in [-0.15, -0.1) is 0 Å². The van der Waals surface area contributed by atoms with E-state index in [1.165, 1.54) is 55.2 Å². The maximum Gasteiger partial charge on any atom is 0.264 e. The zero-order valence-electron chi connectivity index (χ0n) is 21.8. The lowest BCUT2D eigenvalue weighted by Gasteiger charge is -2.37. The highest BCUT2D eigenvalue weighted by atomic mass is 35.5. The van der Waals surface area contributed by atoms with E-state index >= 15 is 0 Å². The Morgan fingerprint density at radius 1 is 1.06 bits per heavy atom. The molecule has 0 radical (unpaired) electrons. The molecule has 0 bridgehead atoms. The van der Waals surface area contributed by atoms with Crippen LogP contribution in [-0.2, 0) is 11.2 Å². The predicted molar refractivity (Wildman–Crippen MR) is 150 cm³/mol. The van der Waals surface area contributed by atoms with Crippen molar-refractivity contribution in [3.63, 3.8) is 0 Å². The average molecular weight is 506 g/mol. The topological polar surface area (TPSA) is 44.7 Å². The molecule has 1 amide bonds. The van der Waals surface area contributed by atoms with Crippen molar-refractivity contribution in [2.45, 2.75) is 90.1 Å². The molecule has 0 aromatic heterocycles. The highest BCUT2D eigenvalue weighted by Crippen LogP contribution is 2.37. The number of amides is 1. The lowest BCUT2D eigenvalue weighted by Crippen LogP contribution is -2.37. The number of carbonyl (C=O) groups excluding carboxylic acids is 1. The first kappa shape index (κ1) is 26.5. The van der Waals surface area contributed by atoms with E-state index in [2.05, 4.69) is 29.4 Å². The van der Waals surface area contributed by atoms with Crippen LogP contribution in [0.3, 0.4) is 0 Å². The lowest BCUT2D eigenvalue weighted by molar-refractivity contribution is -0.115. The minimum atomic E-state index is -0.148. The van der Waals surface area contributed by atoms with Crippen molar-refractivity contribution >= 4 is 23.7 Å². The molecule has 1 unspecified atom stereocenters. The molecule has 36 heavy (non-hydrogen) atoms. The maximum atomic E-state index is 12.9. The second kappa shape index (κ2) is 13.1. The summed E-state index contributed by atoms with van der Waals surface area (Å²) in [6.45, 7) is 4.29. The van der Waals surface area contributed by atoms with Gasteiger partial charge in [-0.05, 0) is 75.6 Å². The van der Waals surface area contributed by atoms with Gasteiger partial charge in [0.2, 0.25) is 0 Å². The highest BCUT2D eigenvalue weighted by Gasteiger charge is 2.30. The second-order valence-electron chi connectivity index (χ2n) is 10.5. The molecular weight excluding hydrogens is 466 g/mol. The summed E-state index contributed by atoms with van der Waals surface area (Å²) in [5, 5.41) is 11.1. The van der Waals surface area contributed by atoms with E-state index in [0.717, 1.165) is 42.7 Å². The van der Waals surface area contributed by atoms with Crippen LogP contribution in [0.2, 0.25) is 5.02 Å². The number of allylic oxidation sites excluding steroid dienone is 2. The largest absolute Gasteiger partial charge is 0.345 e. The number of nitrogens with zero attached hydrogens (tertiary/aromatic N) is 2. The van der Waals surface area contributed by atoms with Crippen LogP contribution in [0.5, 0.6) is 0 Å². The number of carbonyl (C=O) groups is 1. The molecule has 2 aromatic carbocycles. The average Bonchev–Trinajstić information content (AvgIpc) is 3.06. The SMILES string of the molecule is CC1=C(N(/N=C/C(=O)N[C@H](C)c2ccccc2)C2CCCCC2)C(Cc2cccc(Cl)c2)CCCC1. The molecule has 2 aliphatic carbocycles. The molecule has 0 aliphatic heterocycles. The van der Waals surface area contributed by atoms with Gasteiger partial charge in [0.15, 0.2) is 0 Å². The minimum Gasteiger partial charge on any atom is -0.345 e. The summed E-state index contributed by atoms with van der Waals surface area (Å²) in [7, 11) is 0. The number of benzene rings is 2. The third-order valence-corrected chi connectivity index (χ3v) is 7.91. The fraction of sp³-hybridized carbons (Fsp3) is 0.484. The van der Waals surface area contributed by atoms with Crippen molar-refractivity contribution in [3.8, 4) is 0 Å². The normalized spacial score (nSPS) is 20.2. The molecule has 2 aliphatic rings. The summed E-state index contributed by atoms with van der Waals surface area (Å²) in [6.07, 6.45) is 13.1. The van der Waals surface area contributed by atoms with E-state index in [0.29, 0.717) is 12.0 Å². The fourth-order valence-electron chi connectivity index (χ4n) is 5.79. The van der Waals surface area contributed by atoms with Crippen molar-refractivity contribution in [2.75, 3.05) is 0 Å². The van der Waals surface area contributed by atoms with Crippen molar-refractivity contribution in [2.24, 2.45) is 11.0 Å². The van der Waals surface area contributed by atoms with Crippen LogP contribution in [0.1, 0.15) is 88.8 Å². The Morgan fingerprint density at radius 3 is 2.56 bits per heavy atom. The first-order valence-corrected chi connectivity index (χ1v) is 14.0. The predicted octanol–water partition coefficient (Wildman–Crippen LogP) is 7.84. The van der Waals surface area contributed by atoms with Crippen molar-refractivity contribution in [3.05, 3.63) is 82.0 Å². The smallest absolute Gasteiger partial charge is 0.264 e. The van der Waals surface area contributed by atoms with Gasteiger partial charge in [-0.3, -0.25) is 9.80 Å².